The van der Waals surface area contributed by atoms with E-state index in [0.29, 0.717) is 5.75 Å². The number of nitrogens with two attached hydrogens (primary N) is 1. The normalized spacial score (nSPS) is 9.83. The maximum absolute atomic E-state index is 11.1. The molecular weight excluding hydrogens is 234 g/mol. The molecule has 6 heteroatoms. The van der Waals surface area contributed by atoms with Crippen molar-refractivity contribution in [3.63, 3.8) is 0 Å². The van der Waals surface area contributed by atoms with E-state index in [1.807, 2.05) is 36.6 Å². The van der Waals surface area contributed by atoms with Gasteiger partial charge in [-0.05, 0) is 24.7 Å². The summed E-state index contributed by atoms with van der Waals surface area (Å²) in [6.07, 6.45) is 0.0845. The topological polar surface area (TPSA) is 93.4 Å². The third-order valence-electron chi connectivity index (χ3n) is 2.16. The van der Waals surface area contributed by atoms with Crippen LogP contribution in [0.15, 0.2) is 24.3 Å². The lowest BCUT2D eigenvalue weighted by Crippen LogP contribution is -2.35. The summed E-state index contributed by atoms with van der Waals surface area (Å²) in [5, 5.41) is 5.01. The van der Waals surface area contributed by atoms with Gasteiger partial charge in [0, 0.05) is 6.54 Å². The van der Waals surface area contributed by atoms with Crippen molar-refractivity contribution in [3.8, 4) is 5.75 Å². The average molecular weight is 251 g/mol. The first-order valence-corrected chi connectivity index (χ1v) is 5.57. The first-order valence-electron chi connectivity index (χ1n) is 5.57. The van der Waals surface area contributed by atoms with E-state index in [2.05, 4.69) is 5.32 Å². The van der Waals surface area contributed by atoms with Crippen LogP contribution in [0.1, 0.15) is 12.0 Å². The lowest BCUT2D eigenvalue weighted by Gasteiger charge is -2.06. The Balaban J connectivity index is 2.31. The van der Waals surface area contributed by atoms with E-state index in [9.17, 15) is 9.59 Å². The minimum absolute atomic E-state index is 0.0845. The Morgan fingerprint density at radius 3 is 2.50 bits per heavy atom. The second kappa shape index (κ2) is 7.29. The number of imide groups is 1. The second-order valence-corrected chi connectivity index (χ2v) is 3.69. The molecule has 18 heavy (non-hydrogen) atoms. The van der Waals surface area contributed by atoms with Crippen molar-refractivity contribution in [2.24, 2.45) is 5.73 Å². The number of nitrogens with one attached hydrogen (secondary N) is 2. The van der Waals surface area contributed by atoms with Crippen LogP contribution in [0.2, 0.25) is 0 Å². The van der Waals surface area contributed by atoms with Gasteiger partial charge in [0.15, 0.2) is 0 Å². The van der Waals surface area contributed by atoms with Gasteiger partial charge in [0.25, 0.3) is 0 Å². The van der Waals surface area contributed by atoms with E-state index in [-0.39, 0.29) is 13.0 Å². The summed E-state index contributed by atoms with van der Waals surface area (Å²) in [4.78, 5) is 21.5. The van der Waals surface area contributed by atoms with Crippen molar-refractivity contribution in [2.45, 2.75) is 13.0 Å². The molecule has 3 amide bonds. The predicted molar refractivity (Wildman–Crippen MR) is 67.0 cm³/mol. The quantitative estimate of drug-likeness (QED) is 0.681. The molecule has 4 N–H and O–H groups in total. The van der Waals surface area contributed by atoms with Gasteiger partial charge in [0.1, 0.15) is 5.75 Å². The van der Waals surface area contributed by atoms with Gasteiger partial charge < -0.3 is 15.8 Å². The molecule has 0 saturated heterocycles. The number of amides is 3. The van der Waals surface area contributed by atoms with Crippen LogP contribution in [0.5, 0.6) is 5.75 Å². The molecule has 0 aliphatic heterocycles. The Morgan fingerprint density at radius 2 is 1.94 bits per heavy atom. The van der Waals surface area contributed by atoms with Crippen LogP contribution in [-0.4, -0.2) is 25.6 Å². The molecule has 0 bridgehead atoms. The fourth-order valence-corrected chi connectivity index (χ4v) is 1.37. The number of rotatable bonds is 6. The zero-order valence-electron chi connectivity index (χ0n) is 10.2. The molecule has 0 aromatic heterocycles. The zero-order valence-corrected chi connectivity index (χ0v) is 10.2. The summed E-state index contributed by atoms with van der Waals surface area (Å²) in [6.45, 7) is 0.992. The molecule has 0 unspecified atom stereocenters. The summed E-state index contributed by atoms with van der Waals surface area (Å²) >= 11 is 0. The molecule has 98 valence electrons. The highest BCUT2D eigenvalue weighted by molar-refractivity contribution is 5.93. The zero-order chi connectivity index (χ0) is 13.4. The second-order valence-electron chi connectivity index (χ2n) is 3.69. The Labute approximate surface area is 105 Å². The average Bonchev–Trinajstić information content (AvgIpc) is 2.31. The van der Waals surface area contributed by atoms with Gasteiger partial charge >= 0.3 is 6.03 Å². The number of ether oxygens (including phenoxy) is 1. The number of benzene rings is 1. The molecule has 0 fully saturated rings. The van der Waals surface area contributed by atoms with Crippen molar-refractivity contribution < 1.29 is 14.3 Å². The largest absolute Gasteiger partial charge is 0.493 e. The molecule has 1 aromatic rings. The number of hydrogen-bond acceptors (Lipinski definition) is 4. The lowest BCUT2D eigenvalue weighted by atomic mass is 10.2. The molecular formula is C12H17N3O3. The smallest absolute Gasteiger partial charge is 0.318 e. The number of carbonyl (C=O) groups is 2. The first-order chi connectivity index (χ1) is 8.61. The van der Waals surface area contributed by atoms with E-state index in [1.165, 1.54) is 0 Å². The molecule has 0 atom stereocenters. The van der Waals surface area contributed by atoms with E-state index in [4.69, 9.17) is 10.5 Å². The fourth-order valence-electron chi connectivity index (χ4n) is 1.37. The molecule has 6 nitrogen and oxygen atoms in total. The summed E-state index contributed by atoms with van der Waals surface area (Å²) in [7, 11) is 1.88. The van der Waals surface area contributed by atoms with Crippen LogP contribution >= 0.6 is 0 Å². The van der Waals surface area contributed by atoms with Gasteiger partial charge in [0.05, 0.1) is 13.0 Å². The third kappa shape index (κ3) is 5.31. The summed E-state index contributed by atoms with van der Waals surface area (Å²) in [5.74, 6) is 0.232. The molecule has 0 spiro atoms. The van der Waals surface area contributed by atoms with E-state index >= 15 is 0 Å². The predicted octanol–water partition coefficient (Wildman–Crippen LogP) is 0.370. The third-order valence-corrected chi connectivity index (χ3v) is 2.16. The van der Waals surface area contributed by atoms with E-state index < -0.39 is 11.9 Å². The summed E-state index contributed by atoms with van der Waals surface area (Å²) in [5.41, 5.74) is 5.95. The maximum atomic E-state index is 11.1. The maximum Gasteiger partial charge on any atom is 0.318 e. The van der Waals surface area contributed by atoms with Crippen LogP contribution < -0.4 is 21.1 Å². The van der Waals surface area contributed by atoms with Crippen molar-refractivity contribution in [3.05, 3.63) is 29.8 Å². The molecule has 0 aliphatic carbocycles. The fraction of sp³-hybridized carbons (Fsp3) is 0.333. The molecule has 0 radical (unpaired) electrons. The Morgan fingerprint density at radius 1 is 1.28 bits per heavy atom. The van der Waals surface area contributed by atoms with Gasteiger partial charge in [-0.2, -0.15) is 0 Å². The number of carbonyl (C=O) groups excluding carboxylic acids is 2. The van der Waals surface area contributed by atoms with Gasteiger partial charge in [-0.3, -0.25) is 10.1 Å². The Hall–Kier alpha value is -2.08. The van der Waals surface area contributed by atoms with Crippen LogP contribution in [0.4, 0.5) is 4.79 Å². The highest BCUT2D eigenvalue weighted by atomic mass is 16.5. The number of primary amides is 1. The van der Waals surface area contributed by atoms with Crippen molar-refractivity contribution >= 4 is 11.9 Å². The van der Waals surface area contributed by atoms with Gasteiger partial charge in [-0.1, -0.05) is 12.1 Å². The van der Waals surface area contributed by atoms with Gasteiger partial charge in [0.2, 0.25) is 5.91 Å². The summed E-state index contributed by atoms with van der Waals surface area (Å²) < 4.78 is 5.36. The van der Waals surface area contributed by atoms with Gasteiger partial charge in [-0.15, -0.1) is 0 Å². The van der Waals surface area contributed by atoms with Crippen molar-refractivity contribution in [1.82, 2.24) is 10.6 Å². The lowest BCUT2D eigenvalue weighted by molar-refractivity contribution is -0.120. The standard InChI is InChI=1S/C12H17N3O3/c1-14-8-9-2-4-10(5-3-9)18-7-6-11(16)15-12(13)17/h2-5,14H,6-8H2,1H3,(H3,13,15,16,17). The molecule has 1 rings (SSSR count). The molecule has 0 heterocycles. The Bertz CT molecular complexity index is 404. The highest BCUT2D eigenvalue weighted by Gasteiger charge is 2.04. The van der Waals surface area contributed by atoms with Crippen molar-refractivity contribution in [1.29, 1.82) is 0 Å². The highest BCUT2D eigenvalue weighted by Crippen LogP contribution is 2.12. The van der Waals surface area contributed by atoms with Crippen LogP contribution in [-0.2, 0) is 11.3 Å². The van der Waals surface area contributed by atoms with Crippen LogP contribution in [0, 0.1) is 0 Å². The minimum Gasteiger partial charge on any atom is -0.493 e. The first kappa shape index (κ1) is 14.0. The molecule has 1 aromatic carbocycles. The Kier molecular flexibility index (Phi) is 5.66. The van der Waals surface area contributed by atoms with Crippen molar-refractivity contribution in [2.75, 3.05) is 13.7 Å². The van der Waals surface area contributed by atoms with Crippen LogP contribution in [0.3, 0.4) is 0 Å². The molecule has 0 aliphatic rings. The van der Waals surface area contributed by atoms with Gasteiger partial charge in [-0.25, -0.2) is 4.79 Å². The number of urea groups is 1. The molecule has 0 saturated carbocycles. The van der Waals surface area contributed by atoms with Crippen LogP contribution in [0.25, 0.3) is 0 Å². The monoisotopic (exact) mass is 251 g/mol. The van der Waals surface area contributed by atoms with E-state index in [0.717, 1.165) is 12.1 Å². The summed E-state index contributed by atoms with van der Waals surface area (Å²) in [6, 6.07) is 6.69. The SMILES string of the molecule is CNCc1ccc(OCCC(=O)NC(N)=O)cc1. The minimum atomic E-state index is -0.851. The number of hydrogen-bond donors (Lipinski definition) is 3. The van der Waals surface area contributed by atoms with E-state index in [1.54, 1.807) is 0 Å².